The zero-order chi connectivity index (χ0) is 19.7. The summed E-state index contributed by atoms with van der Waals surface area (Å²) in [6.45, 7) is 4.06. The third kappa shape index (κ3) is 2.63. The molecule has 4 aliphatic carbocycles. The predicted octanol–water partition coefficient (Wildman–Crippen LogP) is 4.15. The number of aliphatic hydroxyl groups is 1. The quantitative estimate of drug-likeness (QED) is 0.783. The molecule has 4 saturated carbocycles. The summed E-state index contributed by atoms with van der Waals surface area (Å²) in [4.78, 5) is 25.1. The number of rotatable bonds is 3. The summed E-state index contributed by atoms with van der Waals surface area (Å²) < 4.78 is 5.32. The number of amides is 1. The van der Waals surface area contributed by atoms with Crippen molar-refractivity contribution in [1.29, 1.82) is 0 Å². The molecule has 2 aromatic rings. The van der Waals surface area contributed by atoms with Crippen LogP contribution in [0.1, 0.15) is 57.4 Å². The molecule has 4 bridgehead atoms. The molecule has 4 fully saturated rings. The molecule has 5 heteroatoms. The van der Waals surface area contributed by atoms with Crippen LogP contribution in [0.3, 0.4) is 0 Å². The molecule has 2 N–H and O–H groups in total. The molecule has 6 rings (SSSR count). The van der Waals surface area contributed by atoms with Crippen molar-refractivity contribution in [3.63, 3.8) is 0 Å². The van der Waals surface area contributed by atoms with E-state index in [1.807, 2.05) is 19.1 Å². The van der Waals surface area contributed by atoms with Crippen molar-refractivity contribution in [3.8, 4) is 0 Å². The molecule has 1 aromatic carbocycles. The summed E-state index contributed by atoms with van der Waals surface area (Å²) in [6.07, 6.45) is 6.12. The monoisotopic (exact) mass is 381 g/mol. The molecule has 28 heavy (non-hydrogen) atoms. The van der Waals surface area contributed by atoms with E-state index in [1.165, 1.54) is 6.07 Å². The zero-order valence-corrected chi connectivity index (χ0v) is 16.5. The van der Waals surface area contributed by atoms with Crippen molar-refractivity contribution >= 4 is 22.6 Å². The molecule has 0 spiro atoms. The van der Waals surface area contributed by atoms with Gasteiger partial charge in [-0.15, -0.1) is 0 Å². The van der Waals surface area contributed by atoms with E-state index in [2.05, 4.69) is 12.2 Å². The van der Waals surface area contributed by atoms with Crippen LogP contribution in [0, 0.1) is 23.7 Å². The zero-order valence-electron chi connectivity index (χ0n) is 16.5. The highest BCUT2D eigenvalue weighted by molar-refractivity contribution is 5.97. The van der Waals surface area contributed by atoms with E-state index in [4.69, 9.17) is 4.42 Å². The van der Waals surface area contributed by atoms with Gasteiger partial charge in [-0.3, -0.25) is 4.79 Å². The first-order chi connectivity index (χ1) is 13.2. The van der Waals surface area contributed by atoms with Crippen LogP contribution < -0.4 is 10.9 Å². The second-order valence-corrected chi connectivity index (χ2v) is 9.78. The second-order valence-electron chi connectivity index (χ2n) is 9.78. The highest BCUT2D eigenvalue weighted by Gasteiger charge is 2.64. The normalized spacial score (nSPS) is 36.0. The summed E-state index contributed by atoms with van der Waals surface area (Å²) in [5.41, 5.74) is 0.501. The maximum Gasteiger partial charge on any atom is 0.336 e. The first-order valence-electron chi connectivity index (χ1n) is 10.3. The molecule has 4 aliphatic rings. The van der Waals surface area contributed by atoms with Gasteiger partial charge in [0.05, 0.1) is 11.0 Å². The minimum atomic E-state index is -0.694. The van der Waals surface area contributed by atoms with E-state index in [0.29, 0.717) is 23.6 Å². The van der Waals surface area contributed by atoms with Gasteiger partial charge in [0.25, 0.3) is 0 Å². The molecule has 5 nitrogen and oxygen atoms in total. The third-order valence-corrected chi connectivity index (χ3v) is 7.60. The van der Waals surface area contributed by atoms with Crippen LogP contribution >= 0.6 is 0 Å². The van der Waals surface area contributed by atoms with Crippen LogP contribution in [0.2, 0.25) is 0 Å². The maximum absolute atomic E-state index is 13.4. The Morgan fingerprint density at radius 2 is 2.04 bits per heavy atom. The Hall–Kier alpha value is -2.14. The van der Waals surface area contributed by atoms with E-state index in [1.54, 1.807) is 6.07 Å². The van der Waals surface area contributed by atoms with Gasteiger partial charge in [-0.05, 0) is 74.5 Å². The first-order valence-corrected chi connectivity index (χ1v) is 10.3. The van der Waals surface area contributed by atoms with E-state index >= 15 is 0 Å². The fourth-order valence-electron chi connectivity index (χ4n) is 6.90. The lowest BCUT2D eigenvalue weighted by Gasteiger charge is -2.64. The van der Waals surface area contributed by atoms with Crippen molar-refractivity contribution in [3.05, 3.63) is 40.2 Å². The van der Waals surface area contributed by atoms with Gasteiger partial charge in [-0.1, -0.05) is 13.3 Å². The summed E-state index contributed by atoms with van der Waals surface area (Å²) in [7, 11) is 0. The molecule has 148 valence electrons. The summed E-state index contributed by atoms with van der Waals surface area (Å²) >= 11 is 0. The topological polar surface area (TPSA) is 79.5 Å². The van der Waals surface area contributed by atoms with Crippen LogP contribution in [-0.2, 0) is 4.79 Å². The van der Waals surface area contributed by atoms with Crippen molar-refractivity contribution in [2.75, 3.05) is 5.32 Å². The lowest BCUT2D eigenvalue weighted by Crippen LogP contribution is -2.63. The molecule has 0 saturated heterocycles. The van der Waals surface area contributed by atoms with E-state index < -0.39 is 11.0 Å². The van der Waals surface area contributed by atoms with Crippen molar-refractivity contribution < 1.29 is 14.3 Å². The van der Waals surface area contributed by atoms with Crippen LogP contribution in [-0.4, -0.2) is 16.6 Å². The molecular weight excluding hydrogens is 354 g/mol. The highest BCUT2D eigenvalue weighted by atomic mass is 16.4. The number of anilines is 1. The number of fused-ring (bicyclic) bond motifs is 1. The number of hydrogen-bond donors (Lipinski definition) is 2. The second kappa shape index (κ2) is 5.69. The third-order valence-electron chi connectivity index (χ3n) is 7.60. The van der Waals surface area contributed by atoms with E-state index in [0.717, 1.165) is 49.5 Å². The molecule has 4 unspecified atom stereocenters. The number of hydrogen-bond acceptors (Lipinski definition) is 4. The fraction of sp³-hybridized carbons (Fsp3) is 0.565. The van der Waals surface area contributed by atoms with Gasteiger partial charge in [0.2, 0.25) is 5.91 Å². The van der Waals surface area contributed by atoms with Gasteiger partial charge >= 0.3 is 5.63 Å². The Balaban J connectivity index is 1.47. The Labute approximate surface area is 164 Å². The Morgan fingerprint density at radius 3 is 2.79 bits per heavy atom. The minimum absolute atomic E-state index is 0.00204. The standard InChI is InChI=1S/C23H27NO4/c1-3-21-8-15-9-22(11-21,13-23(27,10-15)12-21)20(26)24-16-4-5-17-14(2)6-19(25)28-18(17)7-16/h4-7,15,27H,3,8-13H2,1-2H3,(H,24,26). The van der Waals surface area contributed by atoms with Gasteiger partial charge in [-0.2, -0.15) is 0 Å². The first kappa shape index (κ1) is 17.9. The number of aryl methyl sites for hydroxylation is 1. The number of nitrogens with one attached hydrogen (secondary N) is 1. The number of carbonyl (C=O) groups excluding carboxylic acids is 1. The average molecular weight is 381 g/mol. The van der Waals surface area contributed by atoms with Crippen LogP contribution in [0.5, 0.6) is 0 Å². The van der Waals surface area contributed by atoms with Gasteiger partial charge in [0.1, 0.15) is 5.58 Å². The number of benzene rings is 1. The van der Waals surface area contributed by atoms with Gasteiger partial charge in [0.15, 0.2) is 0 Å². The molecule has 1 amide bonds. The van der Waals surface area contributed by atoms with Crippen molar-refractivity contribution in [2.24, 2.45) is 16.7 Å². The predicted molar refractivity (Wildman–Crippen MR) is 107 cm³/mol. The molecule has 1 aromatic heterocycles. The molecule has 0 radical (unpaired) electrons. The highest BCUT2D eigenvalue weighted by Crippen LogP contribution is 2.67. The smallest absolute Gasteiger partial charge is 0.336 e. The SMILES string of the molecule is CCC12CC3CC(O)(C1)CC(C(=O)Nc1ccc4c(C)cc(=O)oc4c1)(C3)C2. The van der Waals surface area contributed by atoms with E-state index in [9.17, 15) is 14.7 Å². The molecule has 0 aliphatic heterocycles. The molecule has 1 heterocycles. The van der Waals surface area contributed by atoms with Gasteiger partial charge < -0.3 is 14.8 Å². The molecular formula is C23H27NO4. The largest absolute Gasteiger partial charge is 0.423 e. The summed E-state index contributed by atoms with van der Waals surface area (Å²) in [6, 6.07) is 6.94. The number of carbonyl (C=O) groups is 1. The fourth-order valence-corrected chi connectivity index (χ4v) is 6.90. The van der Waals surface area contributed by atoms with E-state index in [-0.39, 0.29) is 16.9 Å². The average Bonchev–Trinajstić information content (AvgIpc) is 2.59. The summed E-state index contributed by atoms with van der Waals surface area (Å²) in [5.74, 6) is 0.437. The van der Waals surface area contributed by atoms with Crippen LogP contribution in [0.4, 0.5) is 5.69 Å². The minimum Gasteiger partial charge on any atom is -0.423 e. The maximum atomic E-state index is 13.4. The Kier molecular flexibility index (Phi) is 3.64. The van der Waals surface area contributed by atoms with Gasteiger partial charge in [-0.25, -0.2) is 4.79 Å². The lowest BCUT2D eigenvalue weighted by molar-refractivity contribution is -0.201. The van der Waals surface area contributed by atoms with Gasteiger partial charge in [0, 0.05) is 23.2 Å². The van der Waals surface area contributed by atoms with Crippen LogP contribution in [0.15, 0.2) is 33.5 Å². The Bertz CT molecular complexity index is 1040. The summed E-state index contributed by atoms with van der Waals surface area (Å²) in [5, 5.41) is 15.1. The van der Waals surface area contributed by atoms with Crippen molar-refractivity contribution in [1.82, 2.24) is 0 Å². The molecule has 4 atom stereocenters. The Morgan fingerprint density at radius 1 is 1.21 bits per heavy atom. The van der Waals surface area contributed by atoms with Crippen LogP contribution in [0.25, 0.3) is 11.0 Å². The van der Waals surface area contributed by atoms with Crippen molar-refractivity contribution in [2.45, 2.75) is 64.4 Å². The lowest BCUT2D eigenvalue weighted by atomic mass is 9.42.